The SMILES string of the molecule is Cc1[nH]c(C=C2C(=O)Nc3ccccc32)c(C)c1C(=O)NCCCN1CCN(C)CC1. The lowest BCUT2D eigenvalue weighted by molar-refractivity contribution is -0.110. The van der Waals surface area contributed by atoms with E-state index in [-0.39, 0.29) is 11.8 Å². The van der Waals surface area contributed by atoms with Gasteiger partial charge in [0.15, 0.2) is 0 Å². The Kier molecular flexibility index (Phi) is 6.25. The van der Waals surface area contributed by atoms with Crippen LogP contribution in [0.15, 0.2) is 24.3 Å². The fraction of sp³-hybridized carbons (Fsp3) is 0.417. The summed E-state index contributed by atoms with van der Waals surface area (Å²) in [4.78, 5) is 33.3. The largest absolute Gasteiger partial charge is 0.358 e. The first-order chi connectivity index (χ1) is 14.9. The summed E-state index contributed by atoms with van der Waals surface area (Å²) in [5.74, 6) is -0.187. The van der Waals surface area contributed by atoms with E-state index < -0.39 is 0 Å². The predicted octanol–water partition coefficient (Wildman–Crippen LogP) is 2.49. The molecule has 3 heterocycles. The third-order valence-corrected chi connectivity index (χ3v) is 6.23. The number of H-pyrrole nitrogens is 1. The van der Waals surface area contributed by atoms with Crippen molar-refractivity contribution >= 4 is 29.2 Å². The molecule has 1 aromatic heterocycles. The van der Waals surface area contributed by atoms with Gasteiger partial charge in [0, 0.05) is 55.4 Å². The van der Waals surface area contributed by atoms with Gasteiger partial charge in [0.1, 0.15) is 0 Å². The number of aryl methyl sites for hydroxylation is 1. The summed E-state index contributed by atoms with van der Waals surface area (Å²) in [5.41, 5.74) is 5.44. The van der Waals surface area contributed by atoms with Crippen molar-refractivity contribution in [1.82, 2.24) is 20.1 Å². The van der Waals surface area contributed by atoms with Gasteiger partial charge in [0.05, 0.1) is 11.1 Å². The number of para-hydroxylation sites is 1. The van der Waals surface area contributed by atoms with E-state index >= 15 is 0 Å². The van der Waals surface area contributed by atoms with Crippen LogP contribution in [-0.2, 0) is 4.79 Å². The average Bonchev–Trinajstić information content (AvgIpc) is 3.22. The maximum absolute atomic E-state index is 12.8. The first kappa shape index (κ1) is 21.3. The second kappa shape index (κ2) is 9.08. The Morgan fingerprint density at radius 2 is 1.90 bits per heavy atom. The van der Waals surface area contributed by atoms with E-state index in [0.717, 1.165) is 67.3 Å². The number of nitrogens with zero attached hydrogens (tertiary/aromatic N) is 2. The highest BCUT2D eigenvalue weighted by molar-refractivity contribution is 6.34. The highest BCUT2D eigenvalue weighted by Gasteiger charge is 2.25. The van der Waals surface area contributed by atoms with Crippen LogP contribution in [0.25, 0.3) is 11.6 Å². The minimum atomic E-state index is -0.122. The van der Waals surface area contributed by atoms with Gasteiger partial charge in [-0.15, -0.1) is 0 Å². The van der Waals surface area contributed by atoms with Gasteiger partial charge in [0.25, 0.3) is 11.8 Å². The lowest BCUT2D eigenvalue weighted by Crippen LogP contribution is -2.45. The van der Waals surface area contributed by atoms with E-state index in [1.54, 1.807) is 0 Å². The van der Waals surface area contributed by atoms with Gasteiger partial charge in [-0.3, -0.25) is 9.59 Å². The number of likely N-dealkylation sites (N-methyl/N-ethyl adjacent to an activating group) is 1. The Morgan fingerprint density at radius 3 is 2.68 bits per heavy atom. The van der Waals surface area contributed by atoms with Crippen molar-refractivity contribution in [2.45, 2.75) is 20.3 Å². The van der Waals surface area contributed by atoms with Crippen molar-refractivity contribution in [1.29, 1.82) is 0 Å². The van der Waals surface area contributed by atoms with E-state index in [4.69, 9.17) is 0 Å². The first-order valence-corrected chi connectivity index (χ1v) is 10.9. The van der Waals surface area contributed by atoms with Crippen LogP contribution in [0.2, 0.25) is 0 Å². The highest BCUT2D eigenvalue weighted by atomic mass is 16.2. The molecule has 3 N–H and O–H groups in total. The smallest absolute Gasteiger partial charge is 0.256 e. The standard InChI is InChI=1S/C24H31N5O2/c1-16-21(15-19-18-7-4-5-8-20(18)27-23(19)30)26-17(2)22(16)24(31)25-9-6-10-29-13-11-28(3)12-14-29/h4-5,7-8,15,26H,6,9-14H2,1-3H3,(H,25,31)(H,27,30). The predicted molar refractivity (Wildman–Crippen MR) is 124 cm³/mol. The zero-order valence-corrected chi connectivity index (χ0v) is 18.5. The molecule has 0 unspecified atom stereocenters. The van der Waals surface area contributed by atoms with Crippen molar-refractivity contribution in [2.24, 2.45) is 0 Å². The number of hydrogen-bond donors (Lipinski definition) is 3. The van der Waals surface area contributed by atoms with Crippen molar-refractivity contribution in [2.75, 3.05) is 51.6 Å². The monoisotopic (exact) mass is 421 g/mol. The van der Waals surface area contributed by atoms with Gasteiger partial charge >= 0.3 is 0 Å². The molecule has 2 aliphatic rings. The minimum absolute atomic E-state index is 0.0643. The van der Waals surface area contributed by atoms with Crippen molar-refractivity contribution < 1.29 is 9.59 Å². The van der Waals surface area contributed by atoms with Crippen LogP contribution in [0.4, 0.5) is 5.69 Å². The number of rotatable bonds is 6. The number of aromatic nitrogens is 1. The van der Waals surface area contributed by atoms with Crippen molar-refractivity contribution in [3.8, 4) is 0 Å². The van der Waals surface area contributed by atoms with E-state index in [2.05, 4.69) is 32.5 Å². The number of anilines is 1. The van der Waals surface area contributed by atoms with Crippen LogP contribution in [0.5, 0.6) is 0 Å². The summed E-state index contributed by atoms with van der Waals surface area (Å²) in [6, 6.07) is 7.64. The van der Waals surface area contributed by atoms with E-state index in [1.807, 2.05) is 44.2 Å². The minimum Gasteiger partial charge on any atom is -0.358 e. The van der Waals surface area contributed by atoms with Gasteiger partial charge in [-0.1, -0.05) is 18.2 Å². The Morgan fingerprint density at radius 1 is 1.16 bits per heavy atom. The van der Waals surface area contributed by atoms with Crippen LogP contribution in [0.1, 0.15) is 39.3 Å². The molecule has 2 aromatic rings. The molecule has 1 aromatic carbocycles. The molecule has 164 valence electrons. The summed E-state index contributed by atoms with van der Waals surface area (Å²) < 4.78 is 0. The third-order valence-electron chi connectivity index (χ3n) is 6.23. The number of hydrogen-bond acceptors (Lipinski definition) is 4. The van der Waals surface area contributed by atoms with Gasteiger partial charge in [-0.2, -0.15) is 0 Å². The van der Waals surface area contributed by atoms with Crippen LogP contribution >= 0.6 is 0 Å². The van der Waals surface area contributed by atoms with Crippen molar-refractivity contribution in [3.05, 3.63) is 52.3 Å². The average molecular weight is 422 g/mol. The summed E-state index contributed by atoms with van der Waals surface area (Å²) in [6.07, 6.45) is 2.78. The van der Waals surface area contributed by atoms with E-state index in [1.165, 1.54) is 0 Å². The summed E-state index contributed by atoms with van der Waals surface area (Å²) >= 11 is 0. The van der Waals surface area contributed by atoms with E-state index in [0.29, 0.717) is 17.7 Å². The van der Waals surface area contributed by atoms with Gasteiger partial charge in [-0.05, 0) is 51.6 Å². The molecule has 1 saturated heterocycles. The van der Waals surface area contributed by atoms with Crippen LogP contribution in [0.3, 0.4) is 0 Å². The second-order valence-corrected chi connectivity index (χ2v) is 8.48. The molecule has 2 aliphatic heterocycles. The molecule has 31 heavy (non-hydrogen) atoms. The molecule has 1 fully saturated rings. The molecule has 2 amide bonds. The zero-order valence-electron chi connectivity index (χ0n) is 18.5. The Labute approximate surface area is 183 Å². The number of piperazine rings is 1. The molecular formula is C24H31N5O2. The Hall–Kier alpha value is -2.90. The third kappa shape index (κ3) is 4.57. The molecule has 0 saturated carbocycles. The summed E-state index contributed by atoms with van der Waals surface area (Å²) in [7, 11) is 2.15. The fourth-order valence-electron chi connectivity index (χ4n) is 4.35. The molecule has 0 atom stereocenters. The molecule has 0 spiro atoms. The van der Waals surface area contributed by atoms with Crippen LogP contribution < -0.4 is 10.6 Å². The van der Waals surface area contributed by atoms with Crippen LogP contribution in [0, 0.1) is 13.8 Å². The number of fused-ring (bicyclic) bond motifs is 1. The lowest BCUT2D eigenvalue weighted by Gasteiger charge is -2.32. The van der Waals surface area contributed by atoms with Gasteiger partial charge < -0.3 is 25.4 Å². The van der Waals surface area contributed by atoms with Crippen LogP contribution in [-0.4, -0.2) is 72.9 Å². The highest BCUT2D eigenvalue weighted by Crippen LogP contribution is 2.33. The molecule has 4 rings (SSSR count). The Balaban J connectivity index is 1.40. The number of benzene rings is 1. The first-order valence-electron chi connectivity index (χ1n) is 10.9. The van der Waals surface area contributed by atoms with Crippen molar-refractivity contribution in [3.63, 3.8) is 0 Å². The summed E-state index contributed by atoms with van der Waals surface area (Å²) in [6.45, 7) is 9.88. The molecule has 0 bridgehead atoms. The maximum atomic E-state index is 12.8. The molecule has 0 aliphatic carbocycles. The molecule has 7 heteroatoms. The number of amides is 2. The quantitative estimate of drug-likeness (QED) is 0.495. The number of carbonyl (C=O) groups is 2. The normalized spacial score (nSPS) is 18.3. The van der Waals surface area contributed by atoms with Gasteiger partial charge in [-0.25, -0.2) is 0 Å². The Bertz CT molecular complexity index is 1010. The molecule has 7 nitrogen and oxygen atoms in total. The summed E-state index contributed by atoms with van der Waals surface area (Å²) in [5, 5.41) is 5.95. The number of carbonyl (C=O) groups excluding carboxylic acids is 2. The number of aromatic amines is 1. The molecule has 0 radical (unpaired) electrons. The molecular weight excluding hydrogens is 390 g/mol. The second-order valence-electron chi connectivity index (χ2n) is 8.48. The van der Waals surface area contributed by atoms with Gasteiger partial charge in [0.2, 0.25) is 0 Å². The lowest BCUT2D eigenvalue weighted by atomic mass is 10.0. The zero-order chi connectivity index (χ0) is 22.0. The van der Waals surface area contributed by atoms with E-state index in [9.17, 15) is 9.59 Å². The maximum Gasteiger partial charge on any atom is 0.256 e. The topological polar surface area (TPSA) is 80.5 Å². The fourth-order valence-corrected chi connectivity index (χ4v) is 4.35. The number of nitrogens with one attached hydrogen (secondary N) is 3.